The Labute approximate surface area is 81.2 Å². The van der Waals surface area contributed by atoms with Crippen LogP contribution in [0.25, 0.3) is 0 Å². The summed E-state index contributed by atoms with van der Waals surface area (Å²) in [5.74, 6) is 4.82. The molecule has 1 rings (SSSR count). The molecule has 0 spiro atoms. The van der Waals surface area contributed by atoms with Crippen LogP contribution < -0.4 is 10.9 Å². The van der Waals surface area contributed by atoms with Crippen LogP contribution in [0.3, 0.4) is 0 Å². The van der Waals surface area contributed by atoms with Gasteiger partial charge in [-0.3, -0.25) is 0 Å². The molecule has 13 heavy (non-hydrogen) atoms. The summed E-state index contributed by atoms with van der Waals surface area (Å²) in [7, 11) is 0. The van der Waals surface area contributed by atoms with Crippen LogP contribution in [0, 0.1) is 0 Å². The van der Waals surface area contributed by atoms with Gasteiger partial charge in [-0.25, -0.2) is 10.9 Å². The van der Waals surface area contributed by atoms with Crippen LogP contribution in [0.1, 0.15) is 0 Å². The lowest BCUT2D eigenvalue weighted by Crippen LogP contribution is -2.43. The zero-order valence-corrected chi connectivity index (χ0v) is 7.93. The van der Waals surface area contributed by atoms with Gasteiger partial charge < -0.3 is 0 Å². The average molecular weight is 255 g/mol. The number of hydrazine groups is 1. The lowest BCUT2D eigenvalue weighted by Gasteiger charge is -2.20. The zero-order valence-electron chi connectivity index (χ0n) is 6.35. The van der Waals surface area contributed by atoms with E-state index in [0.29, 0.717) is 4.47 Å². The Hall–Kier alpha value is -0.750. The van der Waals surface area contributed by atoms with E-state index in [0.717, 1.165) is 0 Å². The Kier molecular flexibility index (Phi) is 2.82. The fourth-order valence-corrected chi connectivity index (χ4v) is 1.01. The van der Waals surface area contributed by atoms with Crippen molar-refractivity contribution in [2.24, 2.45) is 5.84 Å². The topological polar surface area (TPSA) is 29.3 Å². The number of nitrogens with zero attached hydrogens (tertiary/aromatic N) is 1. The van der Waals surface area contributed by atoms with Gasteiger partial charge in [-0.15, -0.1) is 13.2 Å². The molecule has 0 bridgehead atoms. The van der Waals surface area contributed by atoms with Crippen molar-refractivity contribution in [1.29, 1.82) is 0 Å². The molecule has 1 aromatic rings. The third-order valence-corrected chi connectivity index (χ3v) is 1.91. The first kappa shape index (κ1) is 10.3. The fourth-order valence-electron chi connectivity index (χ4n) is 0.748. The highest BCUT2D eigenvalue weighted by Crippen LogP contribution is 2.25. The number of halogens is 4. The lowest BCUT2D eigenvalue weighted by atomic mass is 10.3. The third kappa shape index (κ3) is 2.60. The number of alkyl halides is 3. The maximum absolute atomic E-state index is 12.0. The molecule has 0 aromatic heterocycles. The van der Waals surface area contributed by atoms with Crippen LogP contribution >= 0.6 is 15.9 Å². The number of rotatable bonds is 1. The molecule has 0 heterocycles. The van der Waals surface area contributed by atoms with Crippen molar-refractivity contribution in [3.8, 4) is 0 Å². The highest BCUT2D eigenvalue weighted by molar-refractivity contribution is 9.10. The van der Waals surface area contributed by atoms with Gasteiger partial charge in [-0.2, -0.15) is 0 Å². The van der Waals surface area contributed by atoms with Gasteiger partial charge in [0.2, 0.25) is 0 Å². The molecule has 2 nitrogen and oxygen atoms in total. The van der Waals surface area contributed by atoms with E-state index in [-0.39, 0.29) is 10.7 Å². The van der Waals surface area contributed by atoms with E-state index in [1.54, 1.807) is 0 Å². The second kappa shape index (κ2) is 3.55. The first-order valence-corrected chi connectivity index (χ1v) is 4.08. The minimum atomic E-state index is -4.55. The summed E-state index contributed by atoms with van der Waals surface area (Å²) in [5, 5.41) is -0.237. The Morgan fingerprint density at radius 1 is 1.15 bits per heavy atom. The quantitative estimate of drug-likeness (QED) is 0.475. The molecule has 0 aliphatic heterocycles. The molecule has 0 aliphatic carbocycles. The Bertz CT molecular complexity index is 283. The monoisotopic (exact) mass is 254 g/mol. The first-order chi connectivity index (χ1) is 5.91. The summed E-state index contributed by atoms with van der Waals surface area (Å²) < 4.78 is 36.8. The minimum absolute atomic E-state index is 0.101. The van der Waals surface area contributed by atoms with Crippen LogP contribution in [0.15, 0.2) is 28.7 Å². The van der Waals surface area contributed by atoms with Crippen molar-refractivity contribution >= 4 is 21.6 Å². The fraction of sp³-hybridized carbons (Fsp3) is 0.143. The van der Waals surface area contributed by atoms with E-state index >= 15 is 0 Å². The summed E-state index contributed by atoms with van der Waals surface area (Å²) in [6.45, 7) is 0. The number of benzene rings is 1. The number of hydrogen-bond acceptors (Lipinski definition) is 2. The van der Waals surface area contributed by atoms with Crippen LogP contribution in [-0.4, -0.2) is 6.30 Å². The van der Waals surface area contributed by atoms with Gasteiger partial charge in [0.25, 0.3) is 0 Å². The van der Waals surface area contributed by atoms with Gasteiger partial charge in [-0.1, -0.05) is 15.9 Å². The summed E-state index contributed by atoms with van der Waals surface area (Å²) in [5.41, 5.74) is -0.101. The maximum atomic E-state index is 12.0. The smallest absolute Gasteiger partial charge is 0.240 e. The van der Waals surface area contributed by atoms with Crippen LogP contribution in [-0.2, 0) is 0 Å². The highest BCUT2D eigenvalue weighted by Gasteiger charge is 2.35. The molecule has 1 aromatic carbocycles. The second-order valence-electron chi connectivity index (χ2n) is 2.31. The largest absolute Gasteiger partial charge is 0.498 e. The van der Waals surface area contributed by atoms with E-state index in [4.69, 9.17) is 5.84 Å². The molecule has 72 valence electrons. The number of anilines is 1. The Morgan fingerprint density at radius 2 is 1.62 bits per heavy atom. The van der Waals surface area contributed by atoms with Crippen molar-refractivity contribution in [2.75, 3.05) is 5.01 Å². The van der Waals surface area contributed by atoms with Crippen molar-refractivity contribution in [3.63, 3.8) is 0 Å². The van der Waals surface area contributed by atoms with Crippen molar-refractivity contribution in [1.82, 2.24) is 0 Å². The Balaban J connectivity index is 2.90. The van der Waals surface area contributed by atoms with Crippen molar-refractivity contribution in [2.45, 2.75) is 6.30 Å². The summed E-state index contributed by atoms with van der Waals surface area (Å²) in [4.78, 5) is 0. The molecule has 0 saturated heterocycles. The predicted octanol–water partition coefficient (Wildman–Crippen LogP) is 2.65. The van der Waals surface area contributed by atoms with Crippen molar-refractivity contribution in [3.05, 3.63) is 28.7 Å². The third-order valence-electron chi connectivity index (χ3n) is 1.38. The minimum Gasteiger partial charge on any atom is -0.240 e. The molecule has 6 heteroatoms. The van der Waals surface area contributed by atoms with E-state index in [1.807, 2.05) is 0 Å². The normalized spacial score (nSPS) is 11.5. The zero-order chi connectivity index (χ0) is 10.1. The van der Waals surface area contributed by atoms with Gasteiger partial charge in [0, 0.05) is 4.47 Å². The lowest BCUT2D eigenvalue weighted by molar-refractivity contribution is -0.129. The van der Waals surface area contributed by atoms with Gasteiger partial charge in [0.15, 0.2) is 0 Å². The second-order valence-corrected chi connectivity index (χ2v) is 3.23. The highest BCUT2D eigenvalue weighted by atomic mass is 79.9. The predicted molar refractivity (Wildman–Crippen MR) is 46.9 cm³/mol. The molecule has 2 N–H and O–H groups in total. The molecular formula is C7H6BrF3N2. The van der Waals surface area contributed by atoms with Crippen LogP contribution in [0.2, 0.25) is 0 Å². The molecule has 0 aliphatic rings. The first-order valence-electron chi connectivity index (χ1n) is 3.28. The Morgan fingerprint density at radius 3 is 2.00 bits per heavy atom. The molecule has 0 amide bonds. The standard InChI is InChI=1S/C7H6BrF3N2/c8-5-1-3-6(4-2-5)13(12)7(9,10)11/h1-4H,12H2. The van der Waals surface area contributed by atoms with E-state index < -0.39 is 6.30 Å². The number of hydrogen-bond donors (Lipinski definition) is 1. The van der Waals surface area contributed by atoms with E-state index in [2.05, 4.69) is 15.9 Å². The SMILES string of the molecule is NN(c1ccc(Br)cc1)C(F)(F)F. The molecule has 0 unspecified atom stereocenters. The van der Waals surface area contributed by atoms with Crippen LogP contribution in [0.4, 0.5) is 18.9 Å². The van der Waals surface area contributed by atoms with Gasteiger partial charge in [0.05, 0.1) is 5.69 Å². The van der Waals surface area contributed by atoms with E-state index in [9.17, 15) is 13.2 Å². The molecule has 0 fully saturated rings. The average Bonchev–Trinajstić information content (AvgIpc) is 2.03. The molecule has 0 radical (unpaired) electrons. The molecule has 0 saturated carbocycles. The maximum Gasteiger partial charge on any atom is 0.498 e. The van der Waals surface area contributed by atoms with Crippen molar-refractivity contribution < 1.29 is 13.2 Å². The summed E-state index contributed by atoms with van der Waals surface area (Å²) in [6.07, 6.45) is -4.55. The van der Waals surface area contributed by atoms with Crippen LogP contribution in [0.5, 0.6) is 0 Å². The molecule has 0 atom stereocenters. The molecular weight excluding hydrogens is 249 g/mol. The van der Waals surface area contributed by atoms with Gasteiger partial charge in [-0.05, 0) is 24.3 Å². The summed E-state index contributed by atoms with van der Waals surface area (Å²) in [6, 6.07) is 5.52. The van der Waals surface area contributed by atoms with E-state index in [1.165, 1.54) is 24.3 Å². The van der Waals surface area contributed by atoms with Gasteiger partial charge >= 0.3 is 6.30 Å². The van der Waals surface area contributed by atoms with Gasteiger partial charge in [0.1, 0.15) is 0 Å². The summed E-state index contributed by atoms with van der Waals surface area (Å²) >= 11 is 3.10. The number of nitrogens with two attached hydrogens (primary N) is 1.